The SMILES string of the molecule is CCOC(=O)C1C=NC(C2CC2)=NC1=O. The van der Waals surface area contributed by atoms with Crippen molar-refractivity contribution >= 4 is 23.9 Å². The maximum absolute atomic E-state index is 11.5. The fourth-order valence-electron chi connectivity index (χ4n) is 1.36. The van der Waals surface area contributed by atoms with Gasteiger partial charge in [-0.2, -0.15) is 4.99 Å². The summed E-state index contributed by atoms with van der Waals surface area (Å²) in [7, 11) is 0. The first-order valence-electron chi connectivity index (χ1n) is 5.05. The Labute approximate surface area is 87.2 Å². The van der Waals surface area contributed by atoms with E-state index in [1.54, 1.807) is 6.92 Å². The first kappa shape index (κ1) is 10.0. The van der Waals surface area contributed by atoms with E-state index in [0.717, 1.165) is 12.8 Å². The first-order chi connectivity index (χ1) is 7.22. The van der Waals surface area contributed by atoms with Crippen LogP contribution in [0.2, 0.25) is 0 Å². The van der Waals surface area contributed by atoms with Gasteiger partial charge < -0.3 is 4.74 Å². The van der Waals surface area contributed by atoms with E-state index in [2.05, 4.69) is 9.98 Å². The van der Waals surface area contributed by atoms with Crippen LogP contribution in [0, 0.1) is 11.8 Å². The number of amides is 1. The molecule has 0 aromatic rings. The Balaban J connectivity index is 2.04. The maximum Gasteiger partial charge on any atom is 0.324 e. The van der Waals surface area contributed by atoms with Crippen molar-refractivity contribution in [3.8, 4) is 0 Å². The molecule has 5 heteroatoms. The Kier molecular flexibility index (Phi) is 2.62. The maximum atomic E-state index is 11.5. The van der Waals surface area contributed by atoms with Crippen LogP contribution in [0.4, 0.5) is 0 Å². The highest BCUT2D eigenvalue weighted by atomic mass is 16.5. The molecule has 1 aliphatic heterocycles. The van der Waals surface area contributed by atoms with E-state index in [-0.39, 0.29) is 6.61 Å². The molecule has 1 aliphatic carbocycles. The minimum Gasteiger partial charge on any atom is -0.465 e. The highest BCUT2D eigenvalue weighted by molar-refractivity contribution is 6.19. The Morgan fingerprint density at radius 3 is 2.87 bits per heavy atom. The van der Waals surface area contributed by atoms with Gasteiger partial charge in [-0.25, -0.2) is 4.99 Å². The minimum absolute atomic E-state index is 0.260. The predicted octanol–water partition coefficient (Wildman–Crippen LogP) is 0.585. The number of rotatable bonds is 3. The van der Waals surface area contributed by atoms with Gasteiger partial charge in [-0.05, 0) is 19.8 Å². The molecule has 0 aromatic carbocycles. The van der Waals surface area contributed by atoms with Crippen LogP contribution < -0.4 is 0 Å². The van der Waals surface area contributed by atoms with E-state index in [0.29, 0.717) is 11.8 Å². The number of hydrogen-bond acceptors (Lipinski definition) is 4. The lowest BCUT2D eigenvalue weighted by molar-refractivity contribution is -0.148. The van der Waals surface area contributed by atoms with E-state index in [9.17, 15) is 9.59 Å². The highest BCUT2D eigenvalue weighted by Gasteiger charge is 2.34. The van der Waals surface area contributed by atoms with Gasteiger partial charge >= 0.3 is 5.97 Å². The quantitative estimate of drug-likeness (QED) is 0.503. The van der Waals surface area contributed by atoms with Crippen molar-refractivity contribution in [1.82, 2.24) is 0 Å². The number of carbonyl (C=O) groups excluding carboxylic acids is 2. The summed E-state index contributed by atoms with van der Waals surface area (Å²) in [4.78, 5) is 30.6. The Bertz CT molecular complexity index is 356. The third-order valence-electron chi connectivity index (χ3n) is 2.33. The summed E-state index contributed by atoms with van der Waals surface area (Å²) >= 11 is 0. The fraction of sp³-hybridized carbons (Fsp3) is 0.600. The van der Waals surface area contributed by atoms with Gasteiger partial charge in [-0.15, -0.1) is 0 Å². The zero-order valence-electron chi connectivity index (χ0n) is 8.47. The lowest BCUT2D eigenvalue weighted by Crippen LogP contribution is -2.30. The predicted molar refractivity (Wildman–Crippen MR) is 53.8 cm³/mol. The Hall–Kier alpha value is -1.52. The summed E-state index contributed by atoms with van der Waals surface area (Å²) in [5, 5.41) is 0. The van der Waals surface area contributed by atoms with Crippen LogP contribution in [0.5, 0.6) is 0 Å². The topological polar surface area (TPSA) is 68.1 Å². The molecule has 2 aliphatic rings. The van der Waals surface area contributed by atoms with Gasteiger partial charge in [-0.3, -0.25) is 9.59 Å². The molecular formula is C10H12N2O3. The van der Waals surface area contributed by atoms with Crippen molar-refractivity contribution < 1.29 is 14.3 Å². The molecule has 0 aromatic heterocycles. The van der Waals surface area contributed by atoms with Crippen molar-refractivity contribution in [3.05, 3.63) is 0 Å². The first-order valence-corrected chi connectivity index (χ1v) is 5.05. The molecular weight excluding hydrogens is 196 g/mol. The summed E-state index contributed by atoms with van der Waals surface area (Å²) in [5.41, 5.74) is 0. The second kappa shape index (κ2) is 3.92. The van der Waals surface area contributed by atoms with Gasteiger partial charge in [0.1, 0.15) is 5.84 Å². The summed E-state index contributed by atoms with van der Waals surface area (Å²) in [6.07, 6.45) is 3.42. The standard InChI is InChI=1S/C10H12N2O3/c1-2-15-10(14)7-5-11-8(6-3-4-6)12-9(7)13/h5-7H,2-4H2,1H3. The van der Waals surface area contributed by atoms with Crippen LogP contribution >= 0.6 is 0 Å². The van der Waals surface area contributed by atoms with Crippen LogP contribution in [0.25, 0.3) is 0 Å². The molecule has 1 unspecified atom stereocenters. The van der Waals surface area contributed by atoms with E-state index in [1.807, 2.05) is 0 Å². The highest BCUT2D eigenvalue weighted by Crippen LogP contribution is 2.32. The molecule has 1 atom stereocenters. The molecule has 0 spiro atoms. The van der Waals surface area contributed by atoms with Gasteiger partial charge in [-0.1, -0.05) is 0 Å². The minimum atomic E-state index is -0.938. The third-order valence-corrected chi connectivity index (χ3v) is 2.33. The summed E-state index contributed by atoms with van der Waals surface area (Å²) < 4.78 is 4.74. The number of nitrogens with zero attached hydrogens (tertiary/aromatic N) is 2. The number of esters is 1. The van der Waals surface area contributed by atoms with Gasteiger partial charge in [0.15, 0.2) is 5.92 Å². The summed E-state index contributed by atoms with van der Waals surface area (Å²) in [6, 6.07) is 0. The fourth-order valence-corrected chi connectivity index (χ4v) is 1.36. The van der Waals surface area contributed by atoms with Crippen LogP contribution in [-0.2, 0) is 14.3 Å². The molecule has 1 amide bonds. The zero-order chi connectivity index (χ0) is 10.8. The average Bonchev–Trinajstić information content (AvgIpc) is 3.01. The van der Waals surface area contributed by atoms with Crippen molar-refractivity contribution in [2.24, 2.45) is 21.8 Å². The summed E-state index contributed by atoms with van der Waals surface area (Å²) in [5.74, 6) is -1.06. The van der Waals surface area contributed by atoms with Crippen LogP contribution in [0.3, 0.4) is 0 Å². The molecule has 0 bridgehead atoms. The van der Waals surface area contributed by atoms with Crippen LogP contribution in [0.1, 0.15) is 19.8 Å². The number of carbonyl (C=O) groups is 2. The zero-order valence-corrected chi connectivity index (χ0v) is 8.47. The van der Waals surface area contributed by atoms with Crippen molar-refractivity contribution in [1.29, 1.82) is 0 Å². The molecule has 80 valence electrons. The average molecular weight is 208 g/mol. The van der Waals surface area contributed by atoms with Gasteiger partial charge in [0.25, 0.3) is 5.91 Å². The van der Waals surface area contributed by atoms with E-state index in [4.69, 9.17) is 4.74 Å². The van der Waals surface area contributed by atoms with Gasteiger partial charge in [0.05, 0.1) is 6.61 Å². The second-order valence-electron chi connectivity index (χ2n) is 3.59. The second-order valence-corrected chi connectivity index (χ2v) is 3.59. The number of hydrogen-bond donors (Lipinski definition) is 0. The molecule has 0 saturated heterocycles. The summed E-state index contributed by atoms with van der Waals surface area (Å²) in [6.45, 7) is 1.96. The molecule has 5 nitrogen and oxygen atoms in total. The van der Waals surface area contributed by atoms with E-state index in [1.165, 1.54) is 6.21 Å². The lowest BCUT2D eigenvalue weighted by atomic mass is 10.1. The molecule has 2 rings (SSSR count). The Morgan fingerprint density at radius 2 is 2.33 bits per heavy atom. The smallest absolute Gasteiger partial charge is 0.324 e. The number of amidine groups is 1. The van der Waals surface area contributed by atoms with Crippen molar-refractivity contribution in [2.45, 2.75) is 19.8 Å². The monoisotopic (exact) mass is 208 g/mol. The van der Waals surface area contributed by atoms with Crippen molar-refractivity contribution in [2.75, 3.05) is 6.61 Å². The van der Waals surface area contributed by atoms with E-state index < -0.39 is 17.8 Å². The Morgan fingerprint density at radius 1 is 1.60 bits per heavy atom. The number of ether oxygens (including phenoxy) is 1. The largest absolute Gasteiger partial charge is 0.465 e. The molecule has 1 heterocycles. The van der Waals surface area contributed by atoms with Gasteiger partial charge in [0, 0.05) is 12.1 Å². The normalized spacial score (nSPS) is 25.0. The van der Waals surface area contributed by atoms with Gasteiger partial charge in [0.2, 0.25) is 0 Å². The molecule has 0 radical (unpaired) electrons. The lowest BCUT2D eigenvalue weighted by Gasteiger charge is -2.11. The molecule has 1 saturated carbocycles. The molecule has 0 N–H and O–H groups in total. The van der Waals surface area contributed by atoms with E-state index >= 15 is 0 Å². The molecule has 1 fully saturated rings. The van der Waals surface area contributed by atoms with Crippen LogP contribution in [0.15, 0.2) is 9.98 Å². The van der Waals surface area contributed by atoms with Crippen LogP contribution in [-0.4, -0.2) is 30.5 Å². The van der Waals surface area contributed by atoms with Crippen molar-refractivity contribution in [3.63, 3.8) is 0 Å². The number of aliphatic imine (C=N–C) groups is 2. The molecule has 15 heavy (non-hydrogen) atoms. The third kappa shape index (κ3) is 2.11.